The van der Waals surface area contributed by atoms with Crippen molar-refractivity contribution in [2.45, 2.75) is 0 Å². The van der Waals surface area contributed by atoms with Gasteiger partial charge in [-0.25, -0.2) is 9.97 Å². The number of hydrogen-bond acceptors (Lipinski definition) is 3. The summed E-state index contributed by atoms with van der Waals surface area (Å²) in [7, 11) is 0. The summed E-state index contributed by atoms with van der Waals surface area (Å²) in [6.45, 7) is 0. The second-order valence-electron chi connectivity index (χ2n) is 12.5. The highest BCUT2D eigenvalue weighted by Crippen LogP contribution is 2.42. The molecule has 8 aromatic carbocycles. The number of hydrogen-bond donors (Lipinski definition) is 0. The maximum Gasteiger partial charge on any atom is 0.161 e. The van der Waals surface area contributed by atoms with Crippen LogP contribution in [0.5, 0.6) is 0 Å². The third-order valence-electron chi connectivity index (χ3n) is 9.69. The van der Waals surface area contributed by atoms with Gasteiger partial charge in [0, 0.05) is 33.0 Å². The Kier molecular flexibility index (Phi) is 6.18. The van der Waals surface area contributed by atoms with Crippen molar-refractivity contribution in [3.05, 3.63) is 170 Å². The van der Waals surface area contributed by atoms with Crippen molar-refractivity contribution in [1.82, 2.24) is 9.97 Å². The molecule has 0 radical (unpaired) electrons. The number of benzene rings is 8. The fourth-order valence-electron chi connectivity index (χ4n) is 7.42. The molecular weight excluding hydrogens is 597 g/mol. The van der Waals surface area contributed by atoms with Crippen molar-refractivity contribution in [2.75, 3.05) is 0 Å². The van der Waals surface area contributed by atoms with Crippen molar-refractivity contribution in [1.29, 1.82) is 0 Å². The van der Waals surface area contributed by atoms with Crippen LogP contribution in [0.3, 0.4) is 0 Å². The van der Waals surface area contributed by atoms with E-state index in [0.717, 1.165) is 77.3 Å². The molecule has 0 aliphatic carbocycles. The van der Waals surface area contributed by atoms with E-state index >= 15 is 0 Å². The molecule has 0 fully saturated rings. The summed E-state index contributed by atoms with van der Waals surface area (Å²) in [5, 5.41) is 9.26. The lowest BCUT2D eigenvalue weighted by Gasteiger charge is -2.16. The topological polar surface area (TPSA) is 38.9 Å². The zero-order chi connectivity index (χ0) is 32.3. The summed E-state index contributed by atoms with van der Waals surface area (Å²) in [6.07, 6.45) is 0. The number of para-hydroxylation sites is 2. The van der Waals surface area contributed by atoms with Gasteiger partial charge in [0.1, 0.15) is 11.2 Å². The molecule has 0 amide bonds. The van der Waals surface area contributed by atoms with Crippen molar-refractivity contribution < 1.29 is 4.42 Å². The minimum Gasteiger partial charge on any atom is -0.455 e. The Balaban J connectivity index is 1.28. The Hall–Kier alpha value is -6.58. The lowest BCUT2D eigenvalue weighted by molar-refractivity contribution is 0.670. The van der Waals surface area contributed by atoms with E-state index in [2.05, 4.69) is 152 Å². The maximum atomic E-state index is 6.51. The maximum absolute atomic E-state index is 6.51. The smallest absolute Gasteiger partial charge is 0.161 e. The van der Waals surface area contributed by atoms with Gasteiger partial charge in [0.25, 0.3) is 0 Å². The van der Waals surface area contributed by atoms with Crippen molar-refractivity contribution in [3.8, 4) is 45.0 Å². The van der Waals surface area contributed by atoms with Crippen LogP contribution in [0.1, 0.15) is 0 Å². The van der Waals surface area contributed by atoms with Crippen molar-refractivity contribution >= 4 is 54.3 Å². The molecule has 0 bridgehead atoms. The Labute approximate surface area is 282 Å². The lowest BCUT2D eigenvalue weighted by Crippen LogP contribution is -1.98. The molecule has 3 heteroatoms. The van der Waals surface area contributed by atoms with Gasteiger partial charge in [-0.2, -0.15) is 0 Å². The first-order chi connectivity index (χ1) is 24.3. The Bertz CT molecular complexity index is 2890. The van der Waals surface area contributed by atoms with E-state index < -0.39 is 0 Å². The summed E-state index contributed by atoms with van der Waals surface area (Å²) >= 11 is 0. The zero-order valence-electron chi connectivity index (χ0n) is 26.5. The van der Waals surface area contributed by atoms with Gasteiger partial charge in [0.2, 0.25) is 0 Å². The first-order valence-corrected chi connectivity index (χ1v) is 16.6. The molecule has 0 saturated heterocycles. The SMILES string of the molecule is c1ccc(-c2cc(-c3ccccc3-c3cccc4c3oc3ccccc34)nc(-c3c4ccccc4cc4c3ccc3ccccc34)n2)cc1. The van der Waals surface area contributed by atoms with Gasteiger partial charge in [0.05, 0.1) is 11.4 Å². The average Bonchev–Trinajstić information content (AvgIpc) is 3.56. The fourth-order valence-corrected chi connectivity index (χ4v) is 7.42. The molecule has 2 heterocycles. The molecule has 0 N–H and O–H groups in total. The highest BCUT2D eigenvalue weighted by Gasteiger charge is 2.20. The molecule has 3 nitrogen and oxygen atoms in total. The van der Waals surface area contributed by atoms with Crippen LogP contribution < -0.4 is 0 Å². The average molecular weight is 625 g/mol. The summed E-state index contributed by atoms with van der Waals surface area (Å²) in [5.41, 5.74) is 8.68. The molecule has 0 atom stereocenters. The van der Waals surface area contributed by atoms with Gasteiger partial charge in [-0.05, 0) is 56.1 Å². The van der Waals surface area contributed by atoms with Gasteiger partial charge in [-0.3, -0.25) is 0 Å². The van der Waals surface area contributed by atoms with E-state index in [1.807, 2.05) is 18.2 Å². The first kappa shape index (κ1) is 27.5. The van der Waals surface area contributed by atoms with E-state index in [1.165, 1.54) is 16.2 Å². The Morgan fingerprint density at radius 2 is 1.02 bits per heavy atom. The highest BCUT2D eigenvalue weighted by atomic mass is 16.3. The molecule has 0 spiro atoms. The predicted molar refractivity (Wildman–Crippen MR) is 204 cm³/mol. The Morgan fingerprint density at radius 3 is 1.90 bits per heavy atom. The number of rotatable bonds is 4. The molecule has 49 heavy (non-hydrogen) atoms. The standard InChI is InChI=1S/C46H28N2O/c1-2-14-30(15-3-1)41-28-42(35-20-9-8-19-34(35)38-22-12-23-39-36-21-10-11-24-43(36)49-45(38)39)48-46(47-41)44-33-18-7-5-16-31(33)27-40-32-17-6-4-13-29(32)25-26-37(40)44/h1-28H. The van der Waals surface area contributed by atoms with Gasteiger partial charge >= 0.3 is 0 Å². The molecule has 10 aromatic rings. The van der Waals surface area contributed by atoms with E-state index in [-0.39, 0.29) is 0 Å². The van der Waals surface area contributed by atoms with Crippen molar-refractivity contribution in [2.24, 2.45) is 0 Å². The summed E-state index contributed by atoms with van der Waals surface area (Å²) in [4.78, 5) is 10.8. The van der Waals surface area contributed by atoms with E-state index in [1.54, 1.807) is 0 Å². The van der Waals surface area contributed by atoms with Gasteiger partial charge in [0.15, 0.2) is 5.82 Å². The second-order valence-corrected chi connectivity index (χ2v) is 12.5. The highest BCUT2D eigenvalue weighted by molar-refractivity contribution is 6.19. The van der Waals surface area contributed by atoms with Crippen LogP contribution in [0.25, 0.3) is 99.3 Å². The fraction of sp³-hybridized carbons (Fsp3) is 0. The normalized spacial score (nSPS) is 11.7. The molecule has 228 valence electrons. The molecule has 0 aliphatic heterocycles. The van der Waals surface area contributed by atoms with Crippen LogP contribution in [0, 0.1) is 0 Å². The predicted octanol–water partition coefficient (Wildman–Crippen LogP) is 12.5. The summed E-state index contributed by atoms with van der Waals surface area (Å²) in [6, 6.07) is 59.6. The quantitative estimate of drug-likeness (QED) is 0.144. The zero-order valence-corrected chi connectivity index (χ0v) is 26.5. The van der Waals surface area contributed by atoms with E-state index in [9.17, 15) is 0 Å². The monoisotopic (exact) mass is 624 g/mol. The minimum absolute atomic E-state index is 0.699. The van der Waals surface area contributed by atoms with Gasteiger partial charge in [-0.15, -0.1) is 0 Å². The number of aromatic nitrogens is 2. The molecular formula is C46H28N2O. The molecule has 0 saturated carbocycles. The number of fused-ring (bicyclic) bond motifs is 7. The summed E-state index contributed by atoms with van der Waals surface area (Å²) < 4.78 is 6.51. The third kappa shape index (κ3) is 4.44. The van der Waals surface area contributed by atoms with E-state index in [0.29, 0.717) is 5.82 Å². The van der Waals surface area contributed by atoms with Crippen LogP contribution in [-0.2, 0) is 0 Å². The largest absolute Gasteiger partial charge is 0.455 e. The van der Waals surface area contributed by atoms with Crippen molar-refractivity contribution in [3.63, 3.8) is 0 Å². The Morgan fingerprint density at radius 1 is 0.367 bits per heavy atom. The van der Waals surface area contributed by atoms with Gasteiger partial charge < -0.3 is 4.42 Å². The molecule has 2 aromatic heterocycles. The molecule has 0 unspecified atom stereocenters. The molecule has 10 rings (SSSR count). The van der Waals surface area contributed by atoms with Crippen LogP contribution in [0.2, 0.25) is 0 Å². The third-order valence-corrected chi connectivity index (χ3v) is 9.69. The second kappa shape index (κ2) is 11.0. The van der Waals surface area contributed by atoms with Gasteiger partial charge in [-0.1, -0.05) is 152 Å². The molecule has 0 aliphatic rings. The van der Waals surface area contributed by atoms with E-state index in [4.69, 9.17) is 14.4 Å². The van der Waals surface area contributed by atoms with Crippen LogP contribution in [-0.4, -0.2) is 9.97 Å². The minimum atomic E-state index is 0.699. The lowest BCUT2D eigenvalue weighted by atomic mass is 9.92. The van der Waals surface area contributed by atoms with Crippen LogP contribution >= 0.6 is 0 Å². The number of nitrogens with zero attached hydrogens (tertiary/aromatic N) is 2. The summed E-state index contributed by atoms with van der Waals surface area (Å²) in [5.74, 6) is 0.699. The number of furan rings is 1. The first-order valence-electron chi connectivity index (χ1n) is 16.6. The van der Waals surface area contributed by atoms with Crippen LogP contribution in [0.15, 0.2) is 174 Å². The van der Waals surface area contributed by atoms with Crippen LogP contribution in [0.4, 0.5) is 0 Å².